The maximum atomic E-state index is 7.65. The zero-order valence-electron chi connectivity index (χ0n) is 11.5. The first-order chi connectivity index (χ1) is 9.50. The molecule has 0 saturated heterocycles. The number of anilines is 1. The minimum atomic E-state index is 0.0348. The normalized spacial score (nSPS) is 11.9. The molecule has 2 aromatic rings. The zero-order valence-corrected chi connectivity index (χ0v) is 12.2. The highest BCUT2D eigenvalue weighted by Crippen LogP contribution is 2.28. The molecule has 0 amide bonds. The first kappa shape index (κ1) is 14.3. The third-order valence-electron chi connectivity index (χ3n) is 3.38. The monoisotopic (exact) mass is 288 g/mol. The molecule has 20 heavy (non-hydrogen) atoms. The van der Waals surface area contributed by atoms with Crippen LogP contribution in [0.3, 0.4) is 0 Å². The lowest BCUT2D eigenvalue weighted by molar-refractivity contribution is 0.737. The van der Waals surface area contributed by atoms with Crippen LogP contribution in [-0.4, -0.2) is 17.9 Å². The van der Waals surface area contributed by atoms with Crippen molar-refractivity contribution in [1.82, 2.24) is 4.98 Å². The lowest BCUT2D eigenvalue weighted by Crippen LogP contribution is -2.25. The van der Waals surface area contributed by atoms with Crippen molar-refractivity contribution in [2.24, 2.45) is 5.73 Å². The fraction of sp³-hybridized carbons (Fsp3) is 0.200. The molecule has 1 atom stereocenters. The Balaban J connectivity index is 2.36. The van der Waals surface area contributed by atoms with E-state index in [1.54, 1.807) is 18.5 Å². The summed E-state index contributed by atoms with van der Waals surface area (Å²) in [5.74, 6) is 0.0348. The van der Waals surface area contributed by atoms with Crippen LogP contribution in [0.5, 0.6) is 0 Å². The molecule has 0 bridgehead atoms. The predicted octanol–water partition coefficient (Wildman–Crippen LogP) is 3.22. The average Bonchev–Trinajstić information content (AvgIpc) is 2.45. The van der Waals surface area contributed by atoms with Gasteiger partial charge in [-0.05, 0) is 30.7 Å². The number of aromatic nitrogens is 1. The molecule has 0 radical (unpaired) electrons. The number of nitrogens with two attached hydrogens (primary N) is 1. The molecule has 104 valence electrons. The smallest absolute Gasteiger partial charge is 0.125 e. The van der Waals surface area contributed by atoms with Gasteiger partial charge in [0.05, 0.1) is 17.9 Å². The Kier molecular flexibility index (Phi) is 4.25. The number of halogens is 1. The molecule has 1 aromatic heterocycles. The van der Waals surface area contributed by atoms with Crippen molar-refractivity contribution in [3.8, 4) is 0 Å². The summed E-state index contributed by atoms with van der Waals surface area (Å²) in [5.41, 5.74) is 8.22. The Bertz CT molecular complexity index is 627. The van der Waals surface area contributed by atoms with E-state index in [4.69, 9.17) is 22.7 Å². The Morgan fingerprint density at radius 2 is 2.15 bits per heavy atom. The molecule has 0 saturated carbocycles. The van der Waals surface area contributed by atoms with E-state index in [1.165, 1.54) is 0 Å². The van der Waals surface area contributed by atoms with Gasteiger partial charge in [-0.25, -0.2) is 0 Å². The zero-order chi connectivity index (χ0) is 14.7. The summed E-state index contributed by atoms with van der Waals surface area (Å²) in [6.45, 7) is 2.07. The van der Waals surface area contributed by atoms with E-state index in [9.17, 15) is 0 Å². The lowest BCUT2D eigenvalue weighted by Gasteiger charge is -2.28. The number of rotatable bonds is 4. The highest BCUT2D eigenvalue weighted by Gasteiger charge is 2.16. The molecule has 1 heterocycles. The lowest BCUT2D eigenvalue weighted by atomic mass is 10.1. The number of pyridine rings is 1. The van der Waals surface area contributed by atoms with Crippen molar-refractivity contribution in [3.05, 3.63) is 58.9 Å². The summed E-state index contributed by atoms with van der Waals surface area (Å²) in [4.78, 5) is 6.16. The van der Waals surface area contributed by atoms with Gasteiger partial charge in [0.15, 0.2) is 0 Å². The second-order valence-corrected chi connectivity index (χ2v) is 5.08. The van der Waals surface area contributed by atoms with Crippen LogP contribution in [0.25, 0.3) is 0 Å². The van der Waals surface area contributed by atoms with Gasteiger partial charge in [-0.3, -0.25) is 10.4 Å². The minimum Gasteiger partial charge on any atom is -0.384 e. The molecule has 0 aliphatic heterocycles. The van der Waals surface area contributed by atoms with Crippen molar-refractivity contribution in [2.75, 3.05) is 11.9 Å². The topological polar surface area (TPSA) is 66.0 Å². The van der Waals surface area contributed by atoms with E-state index in [2.05, 4.69) is 11.9 Å². The molecule has 0 spiro atoms. The van der Waals surface area contributed by atoms with Crippen molar-refractivity contribution in [1.29, 1.82) is 5.41 Å². The standard InChI is InChI=1S/C15H17ClN4/c1-10(11-4-3-5-12(16)8-11)20(2)14-9-19-7-6-13(14)15(17)18/h3-10H,1-2H3,(H3,17,18). The van der Waals surface area contributed by atoms with Gasteiger partial charge in [0.2, 0.25) is 0 Å². The van der Waals surface area contributed by atoms with Crippen molar-refractivity contribution >= 4 is 23.1 Å². The second kappa shape index (κ2) is 5.92. The summed E-state index contributed by atoms with van der Waals surface area (Å²) >= 11 is 6.04. The van der Waals surface area contributed by atoms with E-state index < -0.39 is 0 Å². The van der Waals surface area contributed by atoms with Gasteiger partial charge in [0, 0.05) is 23.8 Å². The minimum absolute atomic E-state index is 0.0348. The fourth-order valence-electron chi connectivity index (χ4n) is 2.09. The molecule has 4 nitrogen and oxygen atoms in total. The first-order valence-corrected chi connectivity index (χ1v) is 6.65. The Morgan fingerprint density at radius 3 is 2.80 bits per heavy atom. The maximum absolute atomic E-state index is 7.65. The van der Waals surface area contributed by atoms with E-state index in [0.717, 1.165) is 11.3 Å². The summed E-state index contributed by atoms with van der Waals surface area (Å²) in [7, 11) is 1.95. The summed E-state index contributed by atoms with van der Waals surface area (Å²) in [6, 6.07) is 9.58. The molecular weight excluding hydrogens is 272 g/mol. The van der Waals surface area contributed by atoms with E-state index in [-0.39, 0.29) is 11.9 Å². The number of nitrogen functional groups attached to an aromatic ring is 1. The largest absolute Gasteiger partial charge is 0.384 e. The molecule has 5 heteroatoms. The van der Waals surface area contributed by atoms with Gasteiger partial charge < -0.3 is 10.6 Å². The number of hydrogen-bond acceptors (Lipinski definition) is 3. The number of hydrogen-bond donors (Lipinski definition) is 2. The molecule has 1 unspecified atom stereocenters. The van der Waals surface area contributed by atoms with Gasteiger partial charge in [0.25, 0.3) is 0 Å². The van der Waals surface area contributed by atoms with Crippen LogP contribution in [0.4, 0.5) is 5.69 Å². The molecule has 0 aliphatic rings. The molecular formula is C15H17ClN4. The molecule has 1 aromatic carbocycles. The number of amidine groups is 1. The third-order valence-corrected chi connectivity index (χ3v) is 3.62. The molecule has 3 N–H and O–H groups in total. The van der Waals surface area contributed by atoms with Crippen LogP contribution in [0.1, 0.15) is 24.1 Å². The van der Waals surface area contributed by atoms with Gasteiger partial charge in [0.1, 0.15) is 5.84 Å². The summed E-state index contributed by atoms with van der Waals surface area (Å²) in [6.07, 6.45) is 3.36. The van der Waals surface area contributed by atoms with E-state index >= 15 is 0 Å². The molecule has 0 aliphatic carbocycles. The first-order valence-electron chi connectivity index (χ1n) is 6.27. The van der Waals surface area contributed by atoms with Crippen molar-refractivity contribution in [3.63, 3.8) is 0 Å². The molecule has 0 fully saturated rings. The van der Waals surface area contributed by atoms with Gasteiger partial charge in [-0.2, -0.15) is 0 Å². The number of benzene rings is 1. The van der Waals surface area contributed by atoms with Crippen LogP contribution >= 0.6 is 11.6 Å². The third kappa shape index (κ3) is 2.91. The number of nitrogens with zero attached hydrogens (tertiary/aromatic N) is 2. The van der Waals surface area contributed by atoms with Crippen molar-refractivity contribution in [2.45, 2.75) is 13.0 Å². The summed E-state index contributed by atoms with van der Waals surface area (Å²) in [5, 5.41) is 8.36. The van der Waals surface area contributed by atoms with E-state index in [0.29, 0.717) is 10.6 Å². The highest BCUT2D eigenvalue weighted by molar-refractivity contribution is 6.30. The SMILES string of the molecule is CC(c1cccc(Cl)c1)N(C)c1cnccc1C(=N)N. The van der Waals surface area contributed by atoms with Crippen LogP contribution < -0.4 is 10.6 Å². The van der Waals surface area contributed by atoms with Crippen LogP contribution in [0.2, 0.25) is 5.02 Å². The summed E-state index contributed by atoms with van der Waals surface area (Å²) < 4.78 is 0. The second-order valence-electron chi connectivity index (χ2n) is 4.65. The predicted molar refractivity (Wildman–Crippen MR) is 83.5 cm³/mol. The Hall–Kier alpha value is -2.07. The van der Waals surface area contributed by atoms with Gasteiger partial charge in [-0.1, -0.05) is 23.7 Å². The average molecular weight is 289 g/mol. The van der Waals surface area contributed by atoms with E-state index in [1.807, 2.05) is 36.2 Å². The van der Waals surface area contributed by atoms with Crippen LogP contribution in [0, 0.1) is 5.41 Å². The highest BCUT2D eigenvalue weighted by atomic mass is 35.5. The fourth-order valence-corrected chi connectivity index (χ4v) is 2.29. The van der Waals surface area contributed by atoms with Gasteiger partial charge >= 0.3 is 0 Å². The Labute approximate surface area is 123 Å². The van der Waals surface area contributed by atoms with Crippen LogP contribution in [0.15, 0.2) is 42.7 Å². The quantitative estimate of drug-likeness (QED) is 0.670. The molecule has 2 rings (SSSR count). The Morgan fingerprint density at radius 1 is 1.40 bits per heavy atom. The number of nitrogens with one attached hydrogen (secondary N) is 1. The van der Waals surface area contributed by atoms with Crippen molar-refractivity contribution < 1.29 is 0 Å². The van der Waals surface area contributed by atoms with Crippen LogP contribution in [-0.2, 0) is 0 Å². The van der Waals surface area contributed by atoms with Gasteiger partial charge in [-0.15, -0.1) is 0 Å². The maximum Gasteiger partial charge on any atom is 0.125 e.